The molecule has 134 valence electrons. The zero-order valence-electron chi connectivity index (χ0n) is 13.7. The second-order valence-electron chi connectivity index (χ2n) is 5.46. The summed E-state index contributed by atoms with van der Waals surface area (Å²) in [6, 6.07) is 2.74. The van der Waals surface area contributed by atoms with Crippen LogP contribution in [-0.4, -0.2) is 24.4 Å². The molecule has 0 aliphatic heterocycles. The summed E-state index contributed by atoms with van der Waals surface area (Å²) < 4.78 is 38.5. The van der Waals surface area contributed by atoms with Crippen molar-refractivity contribution < 1.29 is 22.8 Å². The van der Waals surface area contributed by atoms with E-state index in [1.807, 2.05) is 13.8 Å². The predicted molar refractivity (Wildman–Crippen MR) is 87.0 cm³/mol. The fraction of sp³-hybridized carbons (Fsp3) is 0.500. The Kier molecular flexibility index (Phi) is 7.08. The van der Waals surface area contributed by atoms with Crippen LogP contribution in [0, 0.1) is 0 Å². The standard InChI is InChI=1S/C16H20ClF3N2O2/c1-4-10(2)21-15(24)7-8-22(11(3)23)14-9-12(16(18,19)20)5-6-13(14)17/h5-6,9-10H,4,7-8H2,1-3H3,(H,21,24). The van der Waals surface area contributed by atoms with Gasteiger partial charge < -0.3 is 10.2 Å². The number of carbonyl (C=O) groups is 2. The summed E-state index contributed by atoms with van der Waals surface area (Å²) in [7, 11) is 0. The monoisotopic (exact) mass is 364 g/mol. The summed E-state index contributed by atoms with van der Waals surface area (Å²) in [6.07, 6.45) is -3.83. The Morgan fingerprint density at radius 2 is 1.96 bits per heavy atom. The van der Waals surface area contributed by atoms with Gasteiger partial charge >= 0.3 is 6.18 Å². The maximum Gasteiger partial charge on any atom is 0.416 e. The van der Waals surface area contributed by atoms with E-state index < -0.39 is 17.6 Å². The molecule has 1 aromatic carbocycles. The number of alkyl halides is 3. The zero-order chi connectivity index (χ0) is 18.5. The molecule has 0 fully saturated rings. The third-order valence-corrected chi connectivity index (χ3v) is 3.85. The van der Waals surface area contributed by atoms with Gasteiger partial charge in [0.05, 0.1) is 16.3 Å². The Labute approximate surface area is 144 Å². The maximum atomic E-state index is 12.8. The van der Waals surface area contributed by atoms with Crippen molar-refractivity contribution in [3.63, 3.8) is 0 Å². The molecule has 2 amide bonds. The van der Waals surface area contributed by atoms with E-state index >= 15 is 0 Å². The number of anilines is 1. The van der Waals surface area contributed by atoms with Gasteiger partial charge in [-0.25, -0.2) is 0 Å². The lowest BCUT2D eigenvalue weighted by atomic mass is 10.1. The second kappa shape index (κ2) is 8.37. The molecule has 1 aromatic rings. The smallest absolute Gasteiger partial charge is 0.354 e. The summed E-state index contributed by atoms with van der Waals surface area (Å²) in [5.74, 6) is -0.772. The van der Waals surface area contributed by atoms with Crippen molar-refractivity contribution in [3.05, 3.63) is 28.8 Å². The first kappa shape index (κ1) is 20.3. The number of nitrogens with zero attached hydrogens (tertiary/aromatic N) is 1. The van der Waals surface area contributed by atoms with Crippen LogP contribution in [0.4, 0.5) is 18.9 Å². The predicted octanol–water partition coefficient (Wildman–Crippen LogP) is 4.02. The molecular weight excluding hydrogens is 345 g/mol. The molecule has 0 saturated heterocycles. The van der Waals surface area contributed by atoms with Crippen LogP contribution in [0.15, 0.2) is 18.2 Å². The molecular formula is C16H20ClF3N2O2. The number of nitrogens with one attached hydrogen (secondary N) is 1. The SMILES string of the molecule is CCC(C)NC(=O)CCN(C(C)=O)c1cc(C(F)(F)F)ccc1Cl. The van der Waals surface area contributed by atoms with Crippen LogP contribution >= 0.6 is 11.6 Å². The highest BCUT2D eigenvalue weighted by atomic mass is 35.5. The van der Waals surface area contributed by atoms with Gasteiger partial charge in [-0.15, -0.1) is 0 Å². The molecule has 1 rings (SSSR count). The number of halogens is 4. The van der Waals surface area contributed by atoms with Crippen LogP contribution in [0.3, 0.4) is 0 Å². The van der Waals surface area contributed by atoms with Crippen molar-refractivity contribution in [3.8, 4) is 0 Å². The van der Waals surface area contributed by atoms with Crippen molar-refractivity contribution in [1.29, 1.82) is 0 Å². The molecule has 1 N–H and O–H groups in total. The van der Waals surface area contributed by atoms with Gasteiger partial charge in [-0.2, -0.15) is 13.2 Å². The van der Waals surface area contributed by atoms with Crippen molar-refractivity contribution >= 4 is 29.1 Å². The topological polar surface area (TPSA) is 49.4 Å². The van der Waals surface area contributed by atoms with Crippen LogP contribution in [0.1, 0.15) is 39.2 Å². The third kappa shape index (κ3) is 5.70. The minimum atomic E-state index is -4.55. The Bertz CT molecular complexity index is 605. The van der Waals surface area contributed by atoms with E-state index in [1.165, 1.54) is 6.92 Å². The first-order valence-corrected chi connectivity index (χ1v) is 7.88. The van der Waals surface area contributed by atoms with E-state index in [0.29, 0.717) is 0 Å². The average molecular weight is 365 g/mol. The molecule has 0 aromatic heterocycles. The molecule has 24 heavy (non-hydrogen) atoms. The van der Waals surface area contributed by atoms with Crippen LogP contribution in [-0.2, 0) is 15.8 Å². The van der Waals surface area contributed by atoms with Crippen molar-refractivity contribution in [2.45, 2.75) is 45.8 Å². The van der Waals surface area contributed by atoms with Crippen LogP contribution in [0.5, 0.6) is 0 Å². The van der Waals surface area contributed by atoms with E-state index in [0.717, 1.165) is 29.5 Å². The fourth-order valence-corrected chi connectivity index (χ4v) is 2.23. The van der Waals surface area contributed by atoms with Gasteiger partial charge in [0.2, 0.25) is 11.8 Å². The Balaban J connectivity index is 2.97. The van der Waals surface area contributed by atoms with Crippen molar-refractivity contribution in [2.75, 3.05) is 11.4 Å². The summed E-state index contributed by atoms with van der Waals surface area (Å²) in [5.41, 5.74) is -0.965. The molecule has 0 spiro atoms. The van der Waals surface area contributed by atoms with Crippen molar-refractivity contribution in [2.24, 2.45) is 0 Å². The molecule has 0 saturated carbocycles. The summed E-state index contributed by atoms with van der Waals surface area (Å²) in [4.78, 5) is 24.7. The number of rotatable bonds is 6. The van der Waals surface area contributed by atoms with E-state index in [4.69, 9.17) is 11.6 Å². The van der Waals surface area contributed by atoms with E-state index in [9.17, 15) is 22.8 Å². The quantitative estimate of drug-likeness (QED) is 0.829. The Hall–Kier alpha value is -1.76. The average Bonchev–Trinajstić information content (AvgIpc) is 2.47. The van der Waals surface area contributed by atoms with Gasteiger partial charge in [0.1, 0.15) is 0 Å². The molecule has 4 nitrogen and oxygen atoms in total. The van der Waals surface area contributed by atoms with Gasteiger partial charge in [0.15, 0.2) is 0 Å². The highest BCUT2D eigenvalue weighted by Crippen LogP contribution is 2.35. The highest BCUT2D eigenvalue weighted by molar-refractivity contribution is 6.33. The minimum Gasteiger partial charge on any atom is -0.354 e. The zero-order valence-corrected chi connectivity index (χ0v) is 14.5. The lowest BCUT2D eigenvalue weighted by Crippen LogP contribution is -2.37. The minimum absolute atomic E-state index is 0.0135. The van der Waals surface area contributed by atoms with Gasteiger partial charge in [0, 0.05) is 25.9 Å². The van der Waals surface area contributed by atoms with Gasteiger partial charge in [-0.3, -0.25) is 9.59 Å². The maximum absolute atomic E-state index is 12.8. The Morgan fingerprint density at radius 1 is 1.33 bits per heavy atom. The summed E-state index contributed by atoms with van der Waals surface area (Å²) in [6.45, 7) is 4.90. The molecule has 0 bridgehead atoms. The van der Waals surface area contributed by atoms with Crippen molar-refractivity contribution in [1.82, 2.24) is 5.32 Å². The van der Waals surface area contributed by atoms with Gasteiger partial charge in [-0.1, -0.05) is 18.5 Å². The Morgan fingerprint density at radius 3 is 2.46 bits per heavy atom. The molecule has 0 radical (unpaired) electrons. The highest BCUT2D eigenvalue weighted by Gasteiger charge is 2.32. The number of carbonyl (C=O) groups excluding carboxylic acids is 2. The van der Waals surface area contributed by atoms with Crippen LogP contribution < -0.4 is 10.2 Å². The largest absolute Gasteiger partial charge is 0.416 e. The van der Waals surface area contributed by atoms with E-state index in [-0.39, 0.29) is 35.6 Å². The molecule has 0 aliphatic rings. The lowest BCUT2D eigenvalue weighted by molar-refractivity contribution is -0.137. The lowest BCUT2D eigenvalue weighted by Gasteiger charge is -2.23. The number of hydrogen-bond acceptors (Lipinski definition) is 2. The third-order valence-electron chi connectivity index (χ3n) is 3.53. The molecule has 0 heterocycles. The van der Waals surface area contributed by atoms with Crippen LogP contribution in [0.25, 0.3) is 0 Å². The molecule has 1 atom stereocenters. The normalized spacial score (nSPS) is 12.6. The molecule has 8 heteroatoms. The molecule has 1 unspecified atom stereocenters. The summed E-state index contributed by atoms with van der Waals surface area (Å²) >= 11 is 5.95. The van der Waals surface area contributed by atoms with Gasteiger partial charge in [0.25, 0.3) is 0 Å². The first-order chi connectivity index (χ1) is 11.1. The van der Waals surface area contributed by atoms with E-state index in [1.54, 1.807) is 0 Å². The van der Waals surface area contributed by atoms with E-state index in [2.05, 4.69) is 5.32 Å². The first-order valence-electron chi connectivity index (χ1n) is 7.50. The molecule has 0 aliphatic carbocycles. The number of benzene rings is 1. The second-order valence-corrected chi connectivity index (χ2v) is 5.87. The van der Waals surface area contributed by atoms with Crippen LogP contribution in [0.2, 0.25) is 5.02 Å². The number of hydrogen-bond donors (Lipinski definition) is 1. The van der Waals surface area contributed by atoms with Gasteiger partial charge in [-0.05, 0) is 31.5 Å². The summed E-state index contributed by atoms with van der Waals surface area (Å²) in [5, 5.41) is 2.75. The number of amides is 2. The fourth-order valence-electron chi connectivity index (χ4n) is 2.01.